The molecule has 0 radical (unpaired) electrons. The Labute approximate surface area is 163 Å². The number of halogens is 1. The maximum Gasteiger partial charge on any atom is 0.252 e. The first-order valence-electron chi connectivity index (χ1n) is 8.72. The fourth-order valence-electron chi connectivity index (χ4n) is 2.74. The van der Waals surface area contributed by atoms with Crippen LogP contribution in [0.1, 0.15) is 48.3 Å². The zero-order valence-corrected chi connectivity index (χ0v) is 17.1. The lowest BCUT2D eigenvalue weighted by Gasteiger charge is -2.24. The van der Waals surface area contributed by atoms with Gasteiger partial charge in [-0.2, -0.15) is 0 Å². The minimum Gasteiger partial charge on any atom is -0.348 e. The number of hydrogen-bond acceptors (Lipinski definition) is 2. The lowest BCUT2D eigenvalue weighted by Crippen LogP contribution is -2.50. The molecular weight excluding hydrogens is 392 g/mol. The van der Waals surface area contributed by atoms with Crippen molar-refractivity contribution in [1.29, 1.82) is 0 Å². The van der Waals surface area contributed by atoms with Crippen molar-refractivity contribution in [2.24, 2.45) is 5.92 Å². The Morgan fingerprint density at radius 1 is 0.962 bits per heavy atom. The zero-order chi connectivity index (χ0) is 19.3. The Morgan fingerprint density at radius 2 is 1.65 bits per heavy atom. The van der Waals surface area contributed by atoms with Gasteiger partial charge in [-0.3, -0.25) is 9.59 Å². The van der Waals surface area contributed by atoms with Crippen molar-refractivity contribution in [2.75, 3.05) is 0 Å². The van der Waals surface area contributed by atoms with Crippen LogP contribution in [0.5, 0.6) is 0 Å². The molecule has 0 bridgehead atoms. The van der Waals surface area contributed by atoms with Crippen molar-refractivity contribution < 1.29 is 9.59 Å². The second-order valence-corrected chi connectivity index (χ2v) is 7.71. The fourth-order valence-corrected chi connectivity index (χ4v) is 3.16. The first-order chi connectivity index (χ1) is 12.3. The van der Waals surface area contributed by atoms with Gasteiger partial charge in [0.05, 0.1) is 6.04 Å². The second-order valence-electron chi connectivity index (χ2n) is 6.80. The van der Waals surface area contributed by atoms with Crippen LogP contribution in [0.3, 0.4) is 0 Å². The molecule has 26 heavy (non-hydrogen) atoms. The molecule has 5 heteroatoms. The van der Waals surface area contributed by atoms with Gasteiger partial charge in [0.25, 0.3) is 5.91 Å². The largest absolute Gasteiger partial charge is 0.348 e. The molecule has 2 rings (SSSR count). The van der Waals surface area contributed by atoms with Gasteiger partial charge >= 0.3 is 0 Å². The smallest absolute Gasteiger partial charge is 0.252 e. The summed E-state index contributed by atoms with van der Waals surface area (Å²) >= 11 is 3.44. The van der Waals surface area contributed by atoms with Gasteiger partial charge in [-0.15, -0.1) is 0 Å². The fraction of sp³-hybridized carbons (Fsp3) is 0.333. The summed E-state index contributed by atoms with van der Waals surface area (Å²) in [5.41, 5.74) is 2.47. The summed E-state index contributed by atoms with van der Waals surface area (Å²) in [6.45, 7) is 7.66. The Morgan fingerprint density at radius 3 is 2.27 bits per heavy atom. The van der Waals surface area contributed by atoms with Crippen LogP contribution in [0.2, 0.25) is 0 Å². The van der Waals surface area contributed by atoms with E-state index >= 15 is 0 Å². The van der Waals surface area contributed by atoms with Crippen molar-refractivity contribution in [3.63, 3.8) is 0 Å². The maximum absolute atomic E-state index is 12.8. The number of aryl methyl sites for hydroxylation is 1. The molecule has 2 atom stereocenters. The van der Waals surface area contributed by atoms with E-state index in [1.165, 1.54) is 0 Å². The molecule has 2 aromatic carbocycles. The number of nitrogens with one attached hydrogen (secondary N) is 2. The first-order valence-corrected chi connectivity index (χ1v) is 9.51. The van der Waals surface area contributed by atoms with Gasteiger partial charge in [-0.05, 0) is 49.1 Å². The summed E-state index contributed by atoms with van der Waals surface area (Å²) in [5, 5.41) is 5.88. The van der Waals surface area contributed by atoms with Gasteiger partial charge in [0.15, 0.2) is 0 Å². The molecule has 0 heterocycles. The van der Waals surface area contributed by atoms with Crippen LogP contribution >= 0.6 is 15.9 Å². The van der Waals surface area contributed by atoms with Crippen molar-refractivity contribution >= 4 is 27.7 Å². The average Bonchev–Trinajstić information content (AvgIpc) is 2.59. The van der Waals surface area contributed by atoms with E-state index in [2.05, 4.69) is 26.6 Å². The van der Waals surface area contributed by atoms with Crippen molar-refractivity contribution in [3.05, 3.63) is 69.7 Å². The third-order valence-electron chi connectivity index (χ3n) is 4.33. The van der Waals surface area contributed by atoms with E-state index in [0.29, 0.717) is 5.56 Å². The van der Waals surface area contributed by atoms with Gasteiger partial charge in [0.1, 0.15) is 6.04 Å². The molecule has 2 amide bonds. The Balaban J connectivity index is 2.10. The van der Waals surface area contributed by atoms with E-state index in [9.17, 15) is 9.59 Å². The number of carbonyl (C=O) groups is 2. The molecule has 0 fully saturated rings. The van der Waals surface area contributed by atoms with Crippen molar-refractivity contribution in [1.82, 2.24) is 10.6 Å². The van der Waals surface area contributed by atoms with Crippen molar-refractivity contribution in [2.45, 2.75) is 39.8 Å². The third kappa shape index (κ3) is 5.18. The van der Waals surface area contributed by atoms with Gasteiger partial charge in [0, 0.05) is 10.0 Å². The van der Waals surface area contributed by atoms with Crippen molar-refractivity contribution in [3.8, 4) is 0 Å². The summed E-state index contributed by atoms with van der Waals surface area (Å²) in [6, 6.07) is 14.4. The minimum atomic E-state index is -0.600. The molecule has 0 unspecified atom stereocenters. The van der Waals surface area contributed by atoms with E-state index in [4.69, 9.17) is 0 Å². The lowest BCUT2D eigenvalue weighted by molar-refractivity contribution is -0.124. The number of amides is 2. The van der Waals surface area contributed by atoms with Gasteiger partial charge in [0.2, 0.25) is 5.91 Å². The molecule has 0 aliphatic carbocycles. The molecule has 0 aromatic heterocycles. The summed E-state index contributed by atoms with van der Waals surface area (Å²) in [7, 11) is 0. The standard InChI is InChI=1S/C21H25BrN2O2/c1-13(2)19(24-20(25)18-11-6-5-8-14(18)3)21(26)23-15(4)16-9-7-10-17(22)12-16/h5-13,15,19H,1-4H3,(H,23,26)(H,24,25)/t15-,19-/m0/s1. The number of hydrogen-bond donors (Lipinski definition) is 2. The summed E-state index contributed by atoms with van der Waals surface area (Å²) in [5.74, 6) is -0.445. The van der Waals surface area contributed by atoms with E-state index in [-0.39, 0.29) is 23.8 Å². The van der Waals surface area contributed by atoms with Crippen LogP contribution in [0.25, 0.3) is 0 Å². The van der Waals surface area contributed by atoms with E-state index < -0.39 is 6.04 Å². The lowest BCUT2D eigenvalue weighted by atomic mass is 10.0. The van der Waals surface area contributed by atoms with E-state index in [1.807, 2.05) is 70.2 Å². The van der Waals surface area contributed by atoms with Crippen LogP contribution in [0.15, 0.2) is 53.0 Å². The second kappa shape index (κ2) is 8.99. The highest BCUT2D eigenvalue weighted by atomic mass is 79.9. The number of rotatable bonds is 6. The van der Waals surface area contributed by atoms with Crippen LogP contribution < -0.4 is 10.6 Å². The normalized spacial score (nSPS) is 13.2. The van der Waals surface area contributed by atoms with Crippen LogP contribution in [-0.2, 0) is 4.79 Å². The summed E-state index contributed by atoms with van der Waals surface area (Å²) in [6.07, 6.45) is 0. The molecule has 138 valence electrons. The van der Waals surface area contributed by atoms with Crippen LogP contribution in [0, 0.1) is 12.8 Å². The predicted molar refractivity (Wildman–Crippen MR) is 108 cm³/mol. The molecule has 4 nitrogen and oxygen atoms in total. The predicted octanol–water partition coefficient (Wildman–Crippen LogP) is 4.39. The van der Waals surface area contributed by atoms with Gasteiger partial charge in [-0.25, -0.2) is 0 Å². The summed E-state index contributed by atoms with van der Waals surface area (Å²) in [4.78, 5) is 25.4. The molecule has 0 aliphatic rings. The Bertz CT molecular complexity index is 789. The molecule has 2 aromatic rings. The molecule has 2 N–H and O–H groups in total. The number of carbonyl (C=O) groups excluding carboxylic acids is 2. The van der Waals surface area contributed by atoms with Crippen LogP contribution in [-0.4, -0.2) is 17.9 Å². The topological polar surface area (TPSA) is 58.2 Å². The maximum atomic E-state index is 12.8. The molecule has 0 saturated heterocycles. The SMILES string of the molecule is Cc1ccccc1C(=O)N[C@H](C(=O)N[C@@H](C)c1cccc(Br)c1)C(C)C. The average molecular weight is 417 g/mol. The van der Waals surface area contributed by atoms with Crippen LogP contribution in [0.4, 0.5) is 0 Å². The Hall–Kier alpha value is -2.14. The molecule has 0 saturated carbocycles. The Kier molecular flexibility index (Phi) is 6.98. The molecular formula is C21H25BrN2O2. The molecule has 0 spiro atoms. The highest BCUT2D eigenvalue weighted by Gasteiger charge is 2.26. The highest BCUT2D eigenvalue weighted by Crippen LogP contribution is 2.18. The van der Waals surface area contributed by atoms with E-state index in [1.54, 1.807) is 6.07 Å². The zero-order valence-electron chi connectivity index (χ0n) is 15.5. The monoisotopic (exact) mass is 416 g/mol. The summed E-state index contributed by atoms with van der Waals surface area (Å²) < 4.78 is 0.962. The number of benzene rings is 2. The minimum absolute atomic E-state index is 0.0299. The van der Waals surface area contributed by atoms with Gasteiger partial charge < -0.3 is 10.6 Å². The highest BCUT2D eigenvalue weighted by molar-refractivity contribution is 9.10. The molecule has 0 aliphatic heterocycles. The third-order valence-corrected chi connectivity index (χ3v) is 4.83. The quantitative estimate of drug-likeness (QED) is 0.733. The van der Waals surface area contributed by atoms with E-state index in [0.717, 1.165) is 15.6 Å². The van der Waals surface area contributed by atoms with Gasteiger partial charge in [-0.1, -0.05) is 60.1 Å². The first kappa shape index (κ1) is 20.2.